The van der Waals surface area contributed by atoms with Gasteiger partial charge < -0.3 is 10.5 Å². The fraction of sp³-hybridized carbons (Fsp3) is 0.538. The molecule has 0 heterocycles. The molecule has 0 aliphatic carbocycles. The molecule has 0 amide bonds. The normalized spacial score (nSPS) is 14.3. The summed E-state index contributed by atoms with van der Waals surface area (Å²) < 4.78 is 68.3. The summed E-state index contributed by atoms with van der Waals surface area (Å²) in [7, 11) is 0. The highest BCUT2D eigenvalue weighted by Gasteiger charge is 2.61. The van der Waals surface area contributed by atoms with Gasteiger partial charge in [-0.2, -0.15) is 22.0 Å². The molecule has 0 aliphatic heterocycles. The van der Waals surface area contributed by atoms with Crippen molar-refractivity contribution >= 4 is 12.4 Å². The molecule has 2 nitrogen and oxygen atoms in total. The smallest absolute Gasteiger partial charge is 0.455 e. The van der Waals surface area contributed by atoms with Crippen molar-refractivity contribution < 1.29 is 26.7 Å². The zero-order chi connectivity index (χ0) is 15.8. The van der Waals surface area contributed by atoms with Crippen LogP contribution in [-0.2, 0) is 0 Å². The molecule has 8 heteroatoms. The maximum Gasteiger partial charge on any atom is 0.455 e. The molecule has 0 saturated heterocycles. The summed E-state index contributed by atoms with van der Waals surface area (Å²) in [6.45, 7) is 5.35. The number of nitrogens with two attached hydrogens (primary N) is 1. The first-order valence-electron chi connectivity index (χ1n) is 5.84. The molecular formula is C13H17ClF5NO. The molecule has 1 aromatic carbocycles. The van der Waals surface area contributed by atoms with Crippen molar-refractivity contribution in [3.8, 4) is 5.75 Å². The zero-order valence-electron chi connectivity index (χ0n) is 11.7. The highest BCUT2D eigenvalue weighted by Crippen LogP contribution is 2.43. The Morgan fingerprint density at radius 1 is 0.952 bits per heavy atom. The van der Waals surface area contributed by atoms with Gasteiger partial charge in [0, 0.05) is 0 Å². The summed E-state index contributed by atoms with van der Waals surface area (Å²) in [4.78, 5) is 0. The number of rotatable bonds is 3. The van der Waals surface area contributed by atoms with Gasteiger partial charge in [-0.1, -0.05) is 12.1 Å². The lowest BCUT2D eigenvalue weighted by Gasteiger charge is -2.26. The Kier molecular flexibility index (Phi) is 6.03. The minimum atomic E-state index is -5.69. The number of hydrogen-bond donors (Lipinski definition) is 1. The van der Waals surface area contributed by atoms with E-state index in [-0.39, 0.29) is 18.0 Å². The van der Waals surface area contributed by atoms with Crippen molar-refractivity contribution in [3.63, 3.8) is 0 Å². The Balaban J connectivity index is 0.00000400. The largest absolute Gasteiger partial charge is 0.488 e. The highest BCUT2D eigenvalue weighted by atomic mass is 35.5. The Bertz CT molecular complexity index is 453. The van der Waals surface area contributed by atoms with Crippen LogP contribution in [0.4, 0.5) is 22.0 Å². The highest BCUT2D eigenvalue weighted by molar-refractivity contribution is 5.85. The first-order chi connectivity index (χ1) is 8.84. The Labute approximate surface area is 125 Å². The summed E-state index contributed by atoms with van der Waals surface area (Å²) in [5, 5.41) is 0. The molecule has 0 unspecified atom stereocenters. The molecule has 0 fully saturated rings. The van der Waals surface area contributed by atoms with Crippen LogP contribution >= 0.6 is 12.4 Å². The molecule has 1 rings (SSSR count). The van der Waals surface area contributed by atoms with Crippen molar-refractivity contribution in [2.24, 2.45) is 5.73 Å². The number of benzene rings is 1. The molecule has 0 aromatic heterocycles. The summed E-state index contributed by atoms with van der Waals surface area (Å²) in [6, 6.07) is 2.38. The number of halogens is 6. The molecule has 0 saturated carbocycles. The standard InChI is InChI=1S/C13H16F5NO.ClH/c1-11(2,3)20-9-6-4-8(5-7-9)10(19)12(14,15)13(16,17)18;/h4-7,10H,19H2,1-3H3;1H/t10-;/m1./s1. The van der Waals surface area contributed by atoms with Crippen molar-refractivity contribution in [1.29, 1.82) is 0 Å². The van der Waals surface area contributed by atoms with Crippen molar-refractivity contribution in [3.05, 3.63) is 29.8 Å². The molecule has 0 aliphatic rings. The lowest BCUT2D eigenvalue weighted by Crippen LogP contribution is -2.45. The van der Waals surface area contributed by atoms with Crippen LogP contribution in [0, 0.1) is 0 Å². The second kappa shape index (κ2) is 6.36. The number of alkyl halides is 5. The molecule has 122 valence electrons. The summed E-state index contributed by atoms with van der Waals surface area (Å²) in [5.74, 6) is -4.62. The third-order valence-corrected chi connectivity index (χ3v) is 2.43. The van der Waals surface area contributed by atoms with Gasteiger partial charge in [0.1, 0.15) is 17.4 Å². The van der Waals surface area contributed by atoms with Crippen LogP contribution in [0.3, 0.4) is 0 Å². The van der Waals surface area contributed by atoms with Gasteiger partial charge in [-0.3, -0.25) is 0 Å². The van der Waals surface area contributed by atoms with E-state index in [9.17, 15) is 22.0 Å². The molecule has 2 N–H and O–H groups in total. The topological polar surface area (TPSA) is 35.2 Å². The van der Waals surface area contributed by atoms with Crippen LogP contribution < -0.4 is 10.5 Å². The van der Waals surface area contributed by atoms with Crippen LogP contribution in [0.5, 0.6) is 5.75 Å². The molecule has 1 aromatic rings. The van der Waals surface area contributed by atoms with E-state index >= 15 is 0 Å². The third-order valence-electron chi connectivity index (χ3n) is 2.43. The van der Waals surface area contributed by atoms with E-state index in [1.54, 1.807) is 20.8 Å². The van der Waals surface area contributed by atoms with Gasteiger partial charge in [0.15, 0.2) is 0 Å². The van der Waals surface area contributed by atoms with Gasteiger partial charge in [0.25, 0.3) is 0 Å². The Morgan fingerprint density at radius 2 is 1.38 bits per heavy atom. The van der Waals surface area contributed by atoms with Crippen LogP contribution in [-0.4, -0.2) is 17.7 Å². The van der Waals surface area contributed by atoms with Crippen LogP contribution in [0.25, 0.3) is 0 Å². The van der Waals surface area contributed by atoms with E-state index in [4.69, 9.17) is 10.5 Å². The predicted molar refractivity (Wildman–Crippen MR) is 72.0 cm³/mol. The molecule has 0 spiro atoms. The van der Waals surface area contributed by atoms with Gasteiger partial charge in [-0.25, -0.2) is 0 Å². The minimum Gasteiger partial charge on any atom is -0.488 e. The van der Waals surface area contributed by atoms with Crippen LogP contribution in [0.1, 0.15) is 32.4 Å². The first-order valence-corrected chi connectivity index (χ1v) is 5.84. The van der Waals surface area contributed by atoms with Crippen LogP contribution in [0.2, 0.25) is 0 Å². The summed E-state index contributed by atoms with van der Waals surface area (Å²) in [5.41, 5.74) is 4.21. The monoisotopic (exact) mass is 333 g/mol. The molecule has 0 radical (unpaired) electrons. The second-order valence-electron chi connectivity index (χ2n) is 5.38. The lowest BCUT2D eigenvalue weighted by molar-refractivity contribution is -0.291. The van der Waals surface area contributed by atoms with Crippen molar-refractivity contribution in [1.82, 2.24) is 0 Å². The number of ether oxygens (including phenoxy) is 1. The van der Waals surface area contributed by atoms with E-state index in [1.165, 1.54) is 12.1 Å². The van der Waals surface area contributed by atoms with Gasteiger partial charge in [0.2, 0.25) is 0 Å². The Hall–Kier alpha value is -1.08. The van der Waals surface area contributed by atoms with Crippen molar-refractivity contribution in [2.75, 3.05) is 0 Å². The van der Waals surface area contributed by atoms with E-state index in [1.807, 2.05) is 0 Å². The summed E-state index contributed by atoms with van der Waals surface area (Å²) >= 11 is 0. The van der Waals surface area contributed by atoms with E-state index in [2.05, 4.69) is 0 Å². The lowest BCUT2D eigenvalue weighted by atomic mass is 10.0. The van der Waals surface area contributed by atoms with Gasteiger partial charge in [0.05, 0.1) is 0 Å². The fourth-order valence-electron chi connectivity index (χ4n) is 1.48. The molecule has 0 bridgehead atoms. The zero-order valence-corrected chi connectivity index (χ0v) is 12.5. The maximum atomic E-state index is 13.1. The van der Waals surface area contributed by atoms with Gasteiger partial charge in [-0.15, -0.1) is 12.4 Å². The van der Waals surface area contributed by atoms with Crippen molar-refractivity contribution in [2.45, 2.75) is 44.5 Å². The minimum absolute atomic E-state index is 0. The molecule has 1 atom stereocenters. The first kappa shape index (κ1) is 19.9. The van der Waals surface area contributed by atoms with E-state index in [0.717, 1.165) is 12.1 Å². The third kappa shape index (κ3) is 5.00. The number of hydrogen-bond acceptors (Lipinski definition) is 2. The fourth-order valence-corrected chi connectivity index (χ4v) is 1.48. The van der Waals surface area contributed by atoms with E-state index in [0.29, 0.717) is 5.75 Å². The van der Waals surface area contributed by atoms with Gasteiger partial charge in [-0.05, 0) is 38.5 Å². The van der Waals surface area contributed by atoms with E-state index < -0.39 is 23.7 Å². The summed E-state index contributed by atoms with van der Waals surface area (Å²) in [6.07, 6.45) is -5.69. The maximum absolute atomic E-state index is 13.1. The quantitative estimate of drug-likeness (QED) is 0.828. The Morgan fingerprint density at radius 3 is 1.71 bits per heavy atom. The average molecular weight is 334 g/mol. The molecule has 21 heavy (non-hydrogen) atoms. The van der Waals surface area contributed by atoms with Gasteiger partial charge >= 0.3 is 12.1 Å². The van der Waals surface area contributed by atoms with Crippen LogP contribution in [0.15, 0.2) is 24.3 Å². The predicted octanol–water partition coefficient (Wildman–Crippen LogP) is 4.48. The SMILES string of the molecule is CC(C)(C)Oc1ccc([C@@H](N)C(F)(F)C(F)(F)F)cc1.Cl. The average Bonchev–Trinajstić information content (AvgIpc) is 2.25. The second-order valence-corrected chi connectivity index (χ2v) is 5.38. The molecular weight excluding hydrogens is 317 g/mol.